The fourth-order valence-electron chi connectivity index (χ4n) is 2.58. The van der Waals surface area contributed by atoms with Gasteiger partial charge in [0.25, 0.3) is 0 Å². The minimum Gasteiger partial charge on any atom is -0.350 e. The summed E-state index contributed by atoms with van der Waals surface area (Å²) in [5.41, 5.74) is -2.07. The molecule has 0 aliphatic carbocycles. The zero-order chi connectivity index (χ0) is 17.6. The Kier molecular flexibility index (Phi) is 5.80. The molecule has 0 heterocycles. The smallest absolute Gasteiger partial charge is 0.350 e. The number of halogens is 4. The van der Waals surface area contributed by atoms with Crippen molar-refractivity contribution in [2.24, 2.45) is 0 Å². The van der Waals surface area contributed by atoms with Gasteiger partial charge in [-0.3, -0.25) is 0 Å². The second-order valence-electron chi connectivity index (χ2n) is 4.99. The lowest BCUT2D eigenvalue weighted by atomic mass is 9.82. The molecular formula is C19H13BF4. The average molecular weight is 328 g/mol. The van der Waals surface area contributed by atoms with Gasteiger partial charge in [-0.25, -0.2) is 13.2 Å². The van der Waals surface area contributed by atoms with E-state index >= 15 is 4.39 Å². The summed E-state index contributed by atoms with van der Waals surface area (Å²) in [6.07, 6.45) is 0. The van der Waals surface area contributed by atoms with E-state index in [9.17, 15) is 8.78 Å². The van der Waals surface area contributed by atoms with Crippen molar-refractivity contribution in [1.29, 1.82) is 0 Å². The molecule has 5 heteroatoms. The van der Waals surface area contributed by atoms with Crippen molar-refractivity contribution >= 4 is 8.12 Å². The van der Waals surface area contributed by atoms with E-state index in [4.69, 9.17) is 4.32 Å². The summed E-state index contributed by atoms with van der Waals surface area (Å²) in [4.78, 5) is 0. The second kappa shape index (κ2) is 7.82. The van der Waals surface area contributed by atoms with Crippen molar-refractivity contribution in [2.45, 2.75) is 5.67 Å². The zero-order valence-corrected chi connectivity index (χ0v) is 12.6. The van der Waals surface area contributed by atoms with Crippen molar-refractivity contribution in [2.75, 3.05) is 0 Å². The van der Waals surface area contributed by atoms with Gasteiger partial charge in [0, 0.05) is 5.56 Å². The van der Waals surface area contributed by atoms with Gasteiger partial charge < -0.3 is 4.32 Å². The molecule has 0 atom stereocenters. The fraction of sp³-hybridized carbons (Fsp3) is 0.0526. The van der Waals surface area contributed by atoms with E-state index in [-0.39, 0.29) is 16.7 Å². The molecule has 0 fully saturated rings. The number of rotatable bonds is 3. The molecule has 120 valence electrons. The Balaban J connectivity index is 0.00000100. The number of hydrogen-bond acceptors (Lipinski definition) is 0. The van der Waals surface area contributed by atoms with Gasteiger partial charge in [0.15, 0.2) is 17.3 Å². The van der Waals surface area contributed by atoms with Crippen molar-refractivity contribution in [3.8, 4) is 0 Å². The van der Waals surface area contributed by atoms with Crippen LogP contribution in [0.3, 0.4) is 0 Å². The molecule has 0 aromatic heterocycles. The molecule has 0 aliphatic rings. The van der Waals surface area contributed by atoms with Crippen LogP contribution in [-0.2, 0) is 5.67 Å². The lowest BCUT2D eigenvalue weighted by Crippen LogP contribution is -2.25. The van der Waals surface area contributed by atoms with Gasteiger partial charge in [0.1, 0.15) is 0 Å². The minimum absolute atomic E-state index is 0.255. The molecule has 0 unspecified atom stereocenters. The van der Waals surface area contributed by atoms with Gasteiger partial charge in [-0.15, -0.1) is 0 Å². The first-order valence-electron chi connectivity index (χ1n) is 7.10. The van der Waals surface area contributed by atoms with Crippen LogP contribution >= 0.6 is 0 Å². The standard InChI is InChI=1S/C19H13F3.BF/c20-17-13-7-12-16(18(17)21)19(22,14-8-3-1-4-9-14)15-10-5-2-6-11-15;1-2/h1-13H;. The first-order chi connectivity index (χ1) is 11.6. The van der Waals surface area contributed by atoms with E-state index < -0.39 is 17.3 Å². The van der Waals surface area contributed by atoms with Crippen LogP contribution in [0.25, 0.3) is 0 Å². The molecule has 3 aromatic rings. The van der Waals surface area contributed by atoms with E-state index in [0.717, 1.165) is 6.07 Å². The van der Waals surface area contributed by atoms with Gasteiger partial charge in [0.05, 0.1) is 0 Å². The molecule has 0 bridgehead atoms. The third-order valence-electron chi connectivity index (χ3n) is 3.67. The van der Waals surface area contributed by atoms with E-state index in [1.165, 1.54) is 12.1 Å². The summed E-state index contributed by atoms with van der Waals surface area (Å²) in [6, 6.07) is 20.0. The monoisotopic (exact) mass is 328 g/mol. The van der Waals surface area contributed by atoms with E-state index in [1.807, 2.05) is 0 Å². The highest BCUT2D eigenvalue weighted by atomic mass is 19.2. The normalized spacial score (nSPS) is 10.7. The fourth-order valence-corrected chi connectivity index (χ4v) is 2.58. The SMILES string of the molecule is Fc1cccc(C(F)(c2ccccc2)c2ccccc2)c1F.[B]F. The molecule has 0 aliphatic heterocycles. The van der Waals surface area contributed by atoms with Crippen LogP contribution in [0.2, 0.25) is 0 Å². The van der Waals surface area contributed by atoms with Gasteiger partial charge in [-0.2, -0.15) is 0 Å². The number of alkyl halides is 1. The minimum atomic E-state index is -2.26. The molecule has 0 saturated heterocycles. The highest BCUT2D eigenvalue weighted by Crippen LogP contribution is 2.41. The first kappa shape index (κ1) is 17.8. The predicted molar refractivity (Wildman–Crippen MR) is 87.1 cm³/mol. The van der Waals surface area contributed by atoms with Gasteiger partial charge in [-0.05, 0) is 17.2 Å². The van der Waals surface area contributed by atoms with Gasteiger partial charge in [-0.1, -0.05) is 72.8 Å². The molecule has 0 N–H and O–H groups in total. The van der Waals surface area contributed by atoms with Crippen LogP contribution in [-0.4, -0.2) is 8.12 Å². The maximum Gasteiger partial charge on any atom is 0.350 e. The molecule has 3 rings (SSSR count). The van der Waals surface area contributed by atoms with Gasteiger partial charge in [0.2, 0.25) is 0 Å². The second-order valence-corrected chi connectivity index (χ2v) is 4.99. The summed E-state index contributed by atoms with van der Waals surface area (Å²) in [5.74, 6) is -2.23. The van der Waals surface area contributed by atoms with Crippen molar-refractivity contribution < 1.29 is 17.5 Å². The topological polar surface area (TPSA) is 0 Å². The molecule has 0 amide bonds. The molecular weight excluding hydrogens is 315 g/mol. The predicted octanol–water partition coefficient (Wildman–Crippen LogP) is 5.27. The van der Waals surface area contributed by atoms with Crippen LogP contribution in [0.1, 0.15) is 16.7 Å². The van der Waals surface area contributed by atoms with Crippen LogP contribution in [0.15, 0.2) is 78.9 Å². The molecule has 0 saturated carbocycles. The Hall–Kier alpha value is -2.56. The third kappa shape index (κ3) is 3.20. The summed E-state index contributed by atoms with van der Waals surface area (Å²) >= 11 is 0. The Morgan fingerprint density at radius 3 is 1.54 bits per heavy atom. The molecule has 3 aromatic carbocycles. The molecule has 2 radical (unpaired) electrons. The molecule has 0 nitrogen and oxygen atoms in total. The van der Waals surface area contributed by atoms with E-state index in [1.54, 1.807) is 60.7 Å². The first-order valence-corrected chi connectivity index (χ1v) is 7.10. The highest BCUT2D eigenvalue weighted by molar-refractivity contribution is 5.96. The summed E-state index contributed by atoms with van der Waals surface area (Å²) in [5, 5.41) is 0. The van der Waals surface area contributed by atoms with Crippen LogP contribution < -0.4 is 0 Å². The Bertz CT molecular complexity index is 736. The van der Waals surface area contributed by atoms with Crippen molar-refractivity contribution in [3.05, 3.63) is 107 Å². The summed E-state index contributed by atoms with van der Waals surface area (Å²) < 4.78 is 52.9. The van der Waals surface area contributed by atoms with Gasteiger partial charge >= 0.3 is 8.12 Å². The number of benzene rings is 3. The number of hydrogen-bond donors (Lipinski definition) is 0. The third-order valence-corrected chi connectivity index (χ3v) is 3.67. The average Bonchev–Trinajstić information content (AvgIpc) is 2.66. The highest BCUT2D eigenvalue weighted by Gasteiger charge is 2.39. The largest absolute Gasteiger partial charge is 0.350 e. The van der Waals surface area contributed by atoms with E-state index in [2.05, 4.69) is 8.12 Å². The van der Waals surface area contributed by atoms with Crippen molar-refractivity contribution in [1.82, 2.24) is 0 Å². The zero-order valence-electron chi connectivity index (χ0n) is 12.6. The molecule has 24 heavy (non-hydrogen) atoms. The van der Waals surface area contributed by atoms with E-state index in [0.29, 0.717) is 0 Å². The molecule has 0 spiro atoms. The maximum absolute atomic E-state index is 16.0. The van der Waals surface area contributed by atoms with Crippen LogP contribution in [0, 0.1) is 11.6 Å². The lowest BCUT2D eigenvalue weighted by molar-refractivity contribution is 0.268. The van der Waals surface area contributed by atoms with Crippen LogP contribution in [0.4, 0.5) is 17.5 Å². The summed E-state index contributed by atoms with van der Waals surface area (Å²) in [7, 11) is 3.00. The summed E-state index contributed by atoms with van der Waals surface area (Å²) in [6.45, 7) is 0. The van der Waals surface area contributed by atoms with Crippen LogP contribution in [0.5, 0.6) is 0 Å². The Labute approximate surface area is 139 Å². The lowest BCUT2D eigenvalue weighted by Gasteiger charge is -2.27. The Morgan fingerprint density at radius 1 is 0.625 bits per heavy atom. The maximum atomic E-state index is 16.0. The van der Waals surface area contributed by atoms with Crippen molar-refractivity contribution in [3.63, 3.8) is 0 Å². The Morgan fingerprint density at radius 2 is 1.08 bits per heavy atom. The quantitative estimate of drug-likeness (QED) is 0.349.